The predicted molar refractivity (Wildman–Crippen MR) is 87.4 cm³/mol. The molecule has 0 aromatic heterocycles. The molecule has 0 fully saturated rings. The van der Waals surface area contributed by atoms with Crippen molar-refractivity contribution >= 4 is 15.9 Å². The Morgan fingerprint density at radius 1 is 1.15 bits per heavy atom. The monoisotopic (exact) mass is 333 g/mol. The first kappa shape index (κ1) is 15.1. The lowest BCUT2D eigenvalue weighted by Crippen LogP contribution is -2.22. The van der Waals surface area contributed by atoms with Crippen molar-refractivity contribution in [2.75, 3.05) is 13.7 Å². The summed E-state index contributed by atoms with van der Waals surface area (Å²) in [6.07, 6.45) is 0. The standard InChI is InChI=1S/C17H20BrNO/c1-4-19-17(13-6-5-7-16(11-13)20-3)14-8-12(2)9-15(18)10-14/h5-11,17,19H,4H2,1-3H3. The molecular formula is C17H20BrNO. The fraction of sp³-hybridized carbons (Fsp3) is 0.294. The summed E-state index contributed by atoms with van der Waals surface area (Å²) in [6, 6.07) is 14.9. The first-order valence-corrected chi connectivity index (χ1v) is 7.57. The van der Waals surface area contributed by atoms with Crippen LogP contribution in [0.1, 0.15) is 29.7 Å². The van der Waals surface area contributed by atoms with Gasteiger partial charge in [-0.2, -0.15) is 0 Å². The molecule has 2 rings (SSSR count). The minimum atomic E-state index is 0.172. The smallest absolute Gasteiger partial charge is 0.119 e. The second-order valence-corrected chi connectivity index (χ2v) is 5.74. The number of aryl methyl sites for hydroxylation is 1. The van der Waals surface area contributed by atoms with E-state index in [4.69, 9.17) is 4.74 Å². The number of ether oxygens (including phenoxy) is 1. The zero-order chi connectivity index (χ0) is 14.5. The predicted octanol–water partition coefficient (Wildman–Crippen LogP) is 4.47. The molecule has 1 unspecified atom stereocenters. The van der Waals surface area contributed by atoms with Gasteiger partial charge in [0.2, 0.25) is 0 Å². The fourth-order valence-corrected chi connectivity index (χ4v) is 3.01. The van der Waals surface area contributed by atoms with E-state index in [2.05, 4.69) is 65.4 Å². The van der Waals surface area contributed by atoms with Crippen LogP contribution in [0.4, 0.5) is 0 Å². The molecule has 0 amide bonds. The lowest BCUT2D eigenvalue weighted by Gasteiger charge is -2.20. The summed E-state index contributed by atoms with van der Waals surface area (Å²) < 4.78 is 6.44. The average Bonchev–Trinajstić information content (AvgIpc) is 2.43. The maximum Gasteiger partial charge on any atom is 0.119 e. The molecule has 1 N–H and O–H groups in total. The van der Waals surface area contributed by atoms with Gasteiger partial charge in [-0.25, -0.2) is 0 Å². The van der Waals surface area contributed by atoms with Gasteiger partial charge in [0.1, 0.15) is 5.75 Å². The molecule has 0 aliphatic heterocycles. The van der Waals surface area contributed by atoms with E-state index >= 15 is 0 Å². The van der Waals surface area contributed by atoms with E-state index in [1.165, 1.54) is 16.7 Å². The number of benzene rings is 2. The lowest BCUT2D eigenvalue weighted by atomic mass is 9.97. The number of hydrogen-bond acceptors (Lipinski definition) is 2. The van der Waals surface area contributed by atoms with Crippen molar-refractivity contribution in [3.05, 3.63) is 63.6 Å². The Morgan fingerprint density at radius 2 is 1.95 bits per heavy atom. The van der Waals surface area contributed by atoms with Crippen LogP contribution >= 0.6 is 15.9 Å². The Morgan fingerprint density at radius 3 is 2.60 bits per heavy atom. The quantitative estimate of drug-likeness (QED) is 0.871. The van der Waals surface area contributed by atoms with Crippen LogP contribution in [0.5, 0.6) is 5.75 Å². The molecule has 2 nitrogen and oxygen atoms in total. The van der Waals surface area contributed by atoms with Crippen LogP contribution < -0.4 is 10.1 Å². The third-order valence-corrected chi connectivity index (χ3v) is 3.69. The summed E-state index contributed by atoms with van der Waals surface area (Å²) in [5.41, 5.74) is 3.72. The summed E-state index contributed by atoms with van der Waals surface area (Å²) >= 11 is 3.58. The van der Waals surface area contributed by atoms with E-state index in [0.717, 1.165) is 16.8 Å². The van der Waals surface area contributed by atoms with Gasteiger partial charge in [0.15, 0.2) is 0 Å². The molecule has 2 aromatic carbocycles. The molecule has 0 radical (unpaired) electrons. The minimum Gasteiger partial charge on any atom is -0.497 e. The maximum atomic E-state index is 5.33. The van der Waals surface area contributed by atoms with Gasteiger partial charge >= 0.3 is 0 Å². The molecule has 0 saturated heterocycles. The summed E-state index contributed by atoms with van der Waals surface area (Å²) in [4.78, 5) is 0. The van der Waals surface area contributed by atoms with Crippen LogP contribution in [0.2, 0.25) is 0 Å². The fourth-order valence-electron chi connectivity index (χ4n) is 2.38. The Kier molecular flexibility index (Phi) is 5.21. The van der Waals surface area contributed by atoms with E-state index in [1.54, 1.807) is 7.11 Å². The van der Waals surface area contributed by atoms with Crippen LogP contribution in [-0.2, 0) is 0 Å². The molecule has 0 saturated carbocycles. The third kappa shape index (κ3) is 3.62. The van der Waals surface area contributed by atoms with Gasteiger partial charge in [-0.1, -0.05) is 41.1 Å². The van der Waals surface area contributed by atoms with E-state index in [9.17, 15) is 0 Å². The molecule has 2 aromatic rings. The minimum absolute atomic E-state index is 0.172. The van der Waals surface area contributed by atoms with Crippen LogP contribution in [0.25, 0.3) is 0 Å². The highest BCUT2D eigenvalue weighted by atomic mass is 79.9. The molecule has 20 heavy (non-hydrogen) atoms. The molecule has 1 atom stereocenters. The van der Waals surface area contributed by atoms with Crippen molar-refractivity contribution in [3.63, 3.8) is 0 Å². The van der Waals surface area contributed by atoms with Crippen molar-refractivity contribution in [2.45, 2.75) is 19.9 Å². The SMILES string of the molecule is CCNC(c1cc(C)cc(Br)c1)c1cccc(OC)c1. The summed E-state index contributed by atoms with van der Waals surface area (Å²) in [5.74, 6) is 0.886. The number of hydrogen-bond donors (Lipinski definition) is 1. The molecule has 0 aliphatic carbocycles. The zero-order valence-electron chi connectivity index (χ0n) is 12.1. The van der Waals surface area contributed by atoms with Crippen molar-refractivity contribution in [3.8, 4) is 5.75 Å². The van der Waals surface area contributed by atoms with Crippen LogP contribution in [0.3, 0.4) is 0 Å². The lowest BCUT2D eigenvalue weighted by molar-refractivity contribution is 0.413. The average molecular weight is 334 g/mol. The molecule has 0 heterocycles. The second-order valence-electron chi connectivity index (χ2n) is 4.83. The van der Waals surface area contributed by atoms with Gasteiger partial charge in [0.05, 0.1) is 13.2 Å². The van der Waals surface area contributed by atoms with Gasteiger partial charge < -0.3 is 10.1 Å². The van der Waals surface area contributed by atoms with Gasteiger partial charge in [0, 0.05) is 4.47 Å². The zero-order valence-corrected chi connectivity index (χ0v) is 13.7. The summed E-state index contributed by atoms with van der Waals surface area (Å²) in [6.45, 7) is 5.15. The number of rotatable bonds is 5. The third-order valence-electron chi connectivity index (χ3n) is 3.23. The largest absolute Gasteiger partial charge is 0.497 e. The normalized spacial score (nSPS) is 12.2. The van der Waals surface area contributed by atoms with Gasteiger partial charge in [0.25, 0.3) is 0 Å². The van der Waals surface area contributed by atoms with Gasteiger partial charge in [-0.3, -0.25) is 0 Å². The molecular weight excluding hydrogens is 314 g/mol. The van der Waals surface area contributed by atoms with Crippen LogP contribution in [0.15, 0.2) is 46.9 Å². The number of methoxy groups -OCH3 is 1. The van der Waals surface area contributed by atoms with Crippen molar-refractivity contribution in [2.24, 2.45) is 0 Å². The Hall–Kier alpha value is -1.32. The van der Waals surface area contributed by atoms with Crippen molar-refractivity contribution in [1.29, 1.82) is 0 Å². The van der Waals surface area contributed by atoms with E-state index in [-0.39, 0.29) is 6.04 Å². The van der Waals surface area contributed by atoms with E-state index < -0.39 is 0 Å². The molecule has 0 bridgehead atoms. The topological polar surface area (TPSA) is 21.3 Å². The van der Waals surface area contributed by atoms with Crippen LogP contribution in [0, 0.1) is 6.92 Å². The molecule has 0 aliphatic rings. The highest BCUT2D eigenvalue weighted by Gasteiger charge is 2.14. The second kappa shape index (κ2) is 6.91. The summed E-state index contributed by atoms with van der Waals surface area (Å²) in [5, 5.41) is 3.54. The van der Waals surface area contributed by atoms with Crippen molar-refractivity contribution in [1.82, 2.24) is 5.32 Å². The first-order valence-electron chi connectivity index (χ1n) is 6.78. The number of halogens is 1. The Bertz CT molecular complexity index is 563. The Balaban J connectivity index is 2.43. The van der Waals surface area contributed by atoms with E-state index in [1.807, 2.05) is 12.1 Å². The maximum absolute atomic E-state index is 5.33. The Labute approximate surface area is 129 Å². The van der Waals surface area contributed by atoms with Gasteiger partial charge in [-0.15, -0.1) is 0 Å². The highest BCUT2D eigenvalue weighted by molar-refractivity contribution is 9.10. The number of nitrogens with one attached hydrogen (secondary N) is 1. The molecule has 0 spiro atoms. The highest BCUT2D eigenvalue weighted by Crippen LogP contribution is 2.28. The molecule has 3 heteroatoms. The van der Waals surface area contributed by atoms with Crippen LogP contribution in [-0.4, -0.2) is 13.7 Å². The molecule has 106 valence electrons. The summed E-state index contributed by atoms with van der Waals surface area (Å²) in [7, 11) is 1.70. The van der Waals surface area contributed by atoms with Gasteiger partial charge in [-0.05, 0) is 54.4 Å². The van der Waals surface area contributed by atoms with E-state index in [0.29, 0.717) is 0 Å². The van der Waals surface area contributed by atoms with Crippen molar-refractivity contribution < 1.29 is 4.74 Å². The first-order chi connectivity index (χ1) is 9.63.